The van der Waals surface area contributed by atoms with Crippen molar-refractivity contribution in [2.45, 2.75) is 11.3 Å². The second-order valence-corrected chi connectivity index (χ2v) is 7.30. The van der Waals surface area contributed by atoms with Gasteiger partial charge in [-0.1, -0.05) is 34.1 Å². The van der Waals surface area contributed by atoms with Crippen LogP contribution in [0.4, 0.5) is 0 Å². The summed E-state index contributed by atoms with van der Waals surface area (Å²) in [4.78, 5) is 13.0. The van der Waals surface area contributed by atoms with Gasteiger partial charge in [-0.05, 0) is 58.5 Å². The van der Waals surface area contributed by atoms with Crippen LogP contribution in [0.3, 0.4) is 0 Å². The Kier molecular flexibility index (Phi) is 5.91. The highest BCUT2D eigenvalue weighted by atomic mass is 127. The Balaban J connectivity index is 1.86. The van der Waals surface area contributed by atoms with Crippen molar-refractivity contribution in [3.05, 3.63) is 62.1 Å². The van der Waals surface area contributed by atoms with Crippen molar-refractivity contribution in [1.29, 1.82) is 0 Å². The van der Waals surface area contributed by atoms with E-state index in [0.717, 1.165) is 14.9 Å². The number of hydrogen-bond donors (Lipinski definition) is 0. The van der Waals surface area contributed by atoms with Crippen LogP contribution < -0.4 is 0 Å². The number of rotatable bonds is 5. The molecule has 0 heterocycles. The van der Waals surface area contributed by atoms with Crippen molar-refractivity contribution >= 4 is 56.1 Å². The van der Waals surface area contributed by atoms with Gasteiger partial charge < -0.3 is 0 Å². The van der Waals surface area contributed by atoms with Crippen LogP contribution >= 0.6 is 50.3 Å². The minimum absolute atomic E-state index is 0.256. The molecular formula is C15H12BrIOS. The quantitative estimate of drug-likeness (QED) is 0.477. The lowest BCUT2D eigenvalue weighted by molar-refractivity contribution is -0.116. The van der Waals surface area contributed by atoms with Gasteiger partial charge in [-0.3, -0.25) is 4.79 Å². The number of benzene rings is 2. The Morgan fingerprint density at radius 3 is 2.58 bits per heavy atom. The number of carbonyl (C=O) groups is 1. The van der Waals surface area contributed by atoms with Gasteiger partial charge in [-0.15, -0.1) is 11.8 Å². The van der Waals surface area contributed by atoms with Crippen LogP contribution in [-0.2, 0) is 11.2 Å². The first-order chi connectivity index (χ1) is 9.13. The fourth-order valence-corrected chi connectivity index (χ4v) is 3.33. The maximum Gasteiger partial charge on any atom is 0.147 e. The van der Waals surface area contributed by atoms with Crippen LogP contribution in [-0.4, -0.2) is 11.5 Å². The molecule has 0 aliphatic carbocycles. The third-order valence-corrected chi connectivity index (χ3v) is 4.78. The standard InChI is InChI=1S/C15H12BrIOS/c16-12-2-1-3-15(9-12)19-10-14(18)8-11-4-6-13(17)7-5-11/h1-7,9H,8,10H2. The number of hydrogen-bond acceptors (Lipinski definition) is 2. The normalized spacial score (nSPS) is 10.4. The molecule has 0 unspecified atom stereocenters. The summed E-state index contributed by atoms with van der Waals surface area (Å²) < 4.78 is 2.24. The summed E-state index contributed by atoms with van der Waals surface area (Å²) >= 11 is 7.28. The van der Waals surface area contributed by atoms with Crippen LogP contribution in [0, 0.1) is 3.57 Å². The molecule has 0 aliphatic heterocycles. The van der Waals surface area contributed by atoms with Gasteiger partial charge in [0.1, 0.15) is 5.78 Å². The summed E-state index contributed by atoms with van der Waals surface area (Å²) in [5.41, 5.74) is 1.08. The highest BCUT2D eigenvalue weighted by molar-refractivity contribution is 14.1. The van der Waals surface area contributed by atoms with Crippen molar-refractivity contribution in [3.8, 4) is 0 Å². The number of halogens is 2. The molecule has 0 aromatic heterocycles. The first-order valence-electron chi connectivity index (χ1n) is 5.78. The van der Waals surface area contributed by atoms with Crippen molar-refractivity contribution in [2.24, 2.45) is 0 Å². The summed E-state index contributed by atoms with van der Waals surface area (Å²) in [6.07, 6.45) is 0.512. The topological polar surface area (TPSA) is 17.1 Å². The Hall–Kier alpha value is -0.330. The highest BCUT2D eigenvalue weighted by Crippen LogP contribution is 2.22. The molecule has 0 bridgehead atoms. The predicted molar refractivity (Wildman–Crippen MR) is 92.7 cm³/mol. The van der Waals surface area contributed by atoms with E-state index in [2.05, 4.69) is 38.5 Å². The fourth-order valence-electron chi connectivity index (χ4n) is 1.60. The molecule has 2 aromatic rings. The minimum Gasteiger partial charge on any atom is -0.298 e. The summed E-state index contributed by atoms with van der Waals surface area (Å²) in [7, 11) is 0. The van der Waals surface area contributed by atoms with Gasteiger partial charge in [-0.25, -0.2) is 0 Å². The van der Waals surface area contributed by atoms with Crippen LogP contribution in [0.25, 0.3) is 0 Å². The lowest BCUT2D eigenvalue weighted by Crippen LogP contribution is -2.05. The Labute approximate surface area is 139 Å². The second kappa shape index (κ2) is 7.45. The molecule has 1 nitrogen and oxygen atoms in total. The predicted octanol–water partition coefficient (Wildman–Crippen LogP) is 4.96. The average molecular weight is 447 g/mol. The largest absolute Gasteiger partial charge is 0.298 e. The van der Waals surface area contributed by atoms with E-state index in [9.17, 15) is 4.79 Å². The van der Waals surface area contributed by atoms with Gasteiger partial charge in [-0.2, -0.15) is 0 Å². The maximum absolute atomic E-state index is 11.9. The summed E-state index contributed by atoms with van der Waals surface area (Å²) in [5.74, 6) is 0.772. The molecule has 0 radical (unpaired) electrons. The van der Waals surface area contributed by atoms with Crippen LogP contribution in [0.2, 0.25) is 0 Å². The summed E-state index contributed by atoms with van der Waals surface area (Å²) in [6, 6.07) is 16.1. The van der Waals surface area contributed by atoms with E-state index < -0.39 is 0 Å². The van der Waals surface area contributed by atoms with Gasteiger partial charge in [0.15, 0.2) is 0 Å². The second-order valence-electron chi connectivity index (χ2n) is 4.09. The molecule has 0 fully saturated rings. The van der Waals surface area contributed by atoms with E-state index in [4.69, 9.17) is 0 Å². The number of carbonyl (C=O) groups excluding carboxylic acids is 1. The number of thioether (sulfide) groups is 1. The summed E-state index contributed by atoms with van der Waals surface area (Å²) in [5, 5.41) is 0. The van der Waals surface area contributed by atoms with Crippen molar-refractivity contribution in [3.63, 3.8) is 0 Å². The lowest BCUT2D eigenvalue weighted by Gasteiger charge is -2.03. The SMILES string of the molecule is O=C(CSc1cccc(Br)c1)Cc1ccc(I)cc1. The number of Topliss-reactive ketones (excluding diaryl/α,β-unsaturated/α-hetero) is 1. The Morgan fingerprint density at radius 2 is 1.89 bits per heavy atom. The van der Waals surface area contributed by atoms with E-state index in [1.807, 2.05) is 48.5 Å². The van der Waals surface area contributed by atoms with Crippen molar-refractivity contribution in [1.82, 2.24) is 0 Å². The maximum atomic E-state index is 11.9. The molecule has 19 heavy (non-hydrogen) atoms. The van der Waals surface area contributed by atoms with Gasteiger partial charge in [0.25, 0.3) is 0 Å². The van der Waals surface area contributed by atoms with Crippen molar-refractivity contribution < 1.29 is 4.79 Å². The van der Waals surface area contributed by atoms with E-state index in [1.54, 1.807) is 11.8 Å². The molecule has 0 saturated carbocycles. The van der Waals surface area contributed by atoms with Gasteiger partial charge in [0, 0.05) is 19.4 Å². The first kappa shape index (κ1) is 15.1. The molecule has 98 valence electrons. The Morgan fingerprint density at radius 1 is 1.16 bits per heavy atom. The third kappa shape index (κ3) is 5.28. The van der Waals surface area contributed by atoms with Crippen LogP contribution in [0.15, 0.2) is 57.9 Å². The van der Waals surface area contributed by atoms with E-state index in [1.165, 1.54) is 3.57 Å². The molecule has 0 N–H and O–H groups in total. The van der Waals surface area contributed by atoms with Crippen LogP contribution in [0.1, 0.15) is 5.56 Å². The highest BCUT2D eigenvalue weighted by Gasteiger charge is 2.05. The first-order valence-corrected chi connectivity index (χ1v) is 8.64. The summed E-state index contributed by atoms with van der Waals surface area (Å²) in [6.45, 7) is 0. The Bertz CT molecular complexity index is 569. The van der Waals surface area contributed by atoms with E-state index in [0.29, 0.717) is 12.2 Å². The van der Waals surface area contributed by atoms with Crippen LogP contribution in [0.5, 0.6) is 0 Å². The van der Waals surface area contributed by atoms with Gasteiger partial charge in [0.05, 0.1) is 5.75 Å². The molecule has 2 rings (SSSR count). The molecule has 2 aromatic carbocycles. The molecular weight excluding hydrogens is 435 g/mol. The van der Waals surface area contributed by atoms with E-state index >= 15 is 0 Å². The van der Waals surface area contributed by atoms with E-state index in [-0.39, 0.29) is 5.78 Å². The van der Waals surface area contributed by atoms with Gasteiger partial charge in [0.2, 0.25) is 0 Å². The van der Waals surface area contributed by atoms with Gasteiger partial charge >= 0.3 is 0 Å². The third-order valence-electron chi connectivity index (χ3n) is 2.51. The number of ketones is 1. The average Bonchev–Trinajstić information content (AvgIpc) is 2.39. The molecule has 0 amide bonds. The van der Waals surface area contributed by atoms with Crippen molar-refractivity contribution in [2.75, 3.05) is 5.75 Å². The molecule has 4 heteroatoms. The molecule has 0 aliphatic rings. The minimum atomic E-state index is 0.256. The molecule has 0 saturated heterocycles. The zero-order valence-electron chi connectivity index (χ0n) is 10.1. The zero-order valence-corrected chi connectivity index (χ0v) is 14.7. The molecule has 0 atom stereocenters. The molecule has 0 spiro atoms. The zero-order chi connectivity index (χ0) is 13.7. The lowest BCUT2D eigenvalue weighted by atomic mass is 10.1. The monoisotopic (exact) mass is 446 g/mol. The smallest absolute Gasteiger partial charge is 0.147 e. The fraction of sp³-hybridized carbons (Fsp3) is 0.133.